The molecule has 0 bridgehead atoms. The predicted octanol–water partition coefficient (Wildman–Crippen LogP) is 3.37. The molecule has 2 rings (SSSR count). The van der Waals surface area contributed by atoms with Crippen LogP contribution in [0.4, 0.5) is 0 Å². The highest BCUT2D eigenvalue weighted by atomic mass is 32.1. The molecule has 0 aliphatic heterocycles. The number of rotatable bonds is 7. The Hall–Kier alpha value is -2.28. The van der Waals surface area contributed by atoms with Gasteiger partial charge in [-0.2, -0.15) is 0 Å². The molecule has 6 nitrogen and oxygen atoms in total. The van der Waals surface area contributed by atoms with Gasteiger partial charge >= 0.3 is 0 Å². The highest BCUT2D eigenvalue weighted by Gasteiger charge is 2.17. The number of nitrogens with one attached hydrogen (secondary N) is 2. The Bertz CT molecular complexity index is 766. The Morgan fingerprint density at radius 3 is 2.48 bits per heavy atom. The summed E-state index contributed by atoms with van der Waals surface area (Å²) in [7, 11) is 5.06. The zero-order chi connectivity index (χ0) is 19.9. The summed E-state index contributed by atoms with van der Waals surface area (Å²) in [6.45, 7) is 7.95. The molecule has 0 saturated heterocycles. The van der Waals surface area contributed by atoms with Crippen LogP contribution in [0.1, 0.15) is 37.0 Å². The second-order valence-corrected chi connectivity index (χ2v) is 8.04. The molecule has 0 radical (unpaired) electrons. The lowest BCUT2D eigenvalue weighted by atomic mass is 9.98. The third-order valence-electron chi connectivity index (χ3n) is 4.01. The zero-order valence-corrected chi connectivity index (χ0v) is 17.9. The normalized spacial score (nSPS) is 12.0. The van der Waals surface area contributed by atoms with Gasteiger partial charge in [-0.3, -0.25) is 4.99 Å². The van der Waals surface area contributed by atoms with Gasteiger partial charge in [0.2, 0.25) is 0 Å². The van der Waals surface area contributed by atoms with Gasteiger partial charge in [-0.15, -0.1) is 11.3 Å². The van der Waals surface area contributed by atoms with Crippen molar-refractivity contribution in [3.63, 3.8) is 0 Å². The SMILES string of the molecule is CN=C(NCCc1ccc(OC)c(OC)c1)NCc1csc(C(C)(C)C)n1. The van der Waals surface area contributed by atoms with E-state index >= 15 is 0 Å². The second-order valence-electron chi connectivity index (χ2n) is 7.19. The molecule has 0 fully saturated rings. The van der Waals surface area contributed by atoms with E-state index in [2.05, 4.69) is 41.8 Å². The van der Waals surface area contributed by atoms with Crippen LogP contribution < -0.4 is 20.1 Å². The zero-order valence-electron chi connectivity index (χ0n) is 17.0. The summed E-state index contributed by atoms with van der Waals surface area (Å²) in [6, 6.07) is 5.97. The van der Waals surface area contributed by atoms with Gasteiger partial charge in [-0.05, 0) is 24.1 Å². The first-order valence-electron chi connectivity index (χ1n) is 8.97. The maximum absolute atomic E-state index is 5.35. The first kappa shape index (κ1) is 21.0. The summed E-state index contributed by atoms with van der Waals surface area (Å²) in [6.07, 6.45) is 0.853. The summed E-state index contributed by atoms with van der Waals surface area (Å²) in [5.41, 5.74) is 2.29. The second kappa shape index (κ2) is 9.60. The maximum Gasteiger partial charge on any atom is 0.191 e. The fourth-order valence-corrected chi connectivity index (χ4v) is 3.40. The summed E-state index contributed by atoms with van der Waals surface area (Å²) in [5.74, 6) is 2.25. The first-order valence-corrected chi connectivity index (χ1v) is 9.85. The number of benzene rings is 1. The largest absolute Gasteiger partial charge is 0.493 e. The standard InChI is InChI=1S/C20H30N4O2S/c1-20(2,3)18-24-15(13-27-18)12-23-19(21-4)22-10-9-14-7-8-16(25-5)17(11-14)26-6/h7-8,11,13H,9-10,12H2,1-6H3,(H2,21,22,23). The maximum atomic E-state index is 5.35. The van der Waals surface area contributed by atoms with Crippen molar-refractivity contribution in [1.29, 1.82) is 0 Å². The average Bonchev–Trinajstić information content (AvgIpc) is 3.13. The lowest BCUT2D eigenvalue weighted by Crippen LogP contribution is -2.37. The van der Waals surface area contributed by atoms with Gasteiger partial charge in [-0.1, -0.05) is 26.8 Å². The van der Waals surface area contributed by atoms with Crippen molar-refractivity contribution in [2.24, 2.45) is 4.99 Å². The van der Waals surface area contributed by atoms with Gasteiger partial charge in [0.15, 0.2) is 17.5 Å². The number of nitrogens with zero attached hydrogens (tertiary/aromatic N) is 2. The number of ether oxygens (including phenoxy) is 2. The molecule has 0 spiro atoms. The number of hydrogen-bond acceptors (Lipinski definition) is 5. The molecule has 27 heavy (non-hydrogen) atoms. The van der Waals surface area contributed by atoms with Gasteiger partial charge in [0.05, 0.1) is 31.5 Å². The van der Waals surface area contributed by atoms with Crippen LogP contribution in [-0.2, 0) is 18.4 Å². The molecule has 1 aromatic heterocycles. The summed E-state index contributed by atoms with van der Waals surface area (Å²) in [5, 5.41) is 9.90. The Labute approximate surface area is 166 Å². The number of aromatic nitrogens is 1. The average molecular weight is 391 g/mol. The minimum atomic E-state index is 0.0856. The molecule has 0 aliphatic carbocycles. The molecule has 0 atom stereocenters. The highest BCUT2D eigenvalue weighted by molar-refractivity contribution is 7.09. The van der Waals surface area contributed by atoms with Crippen LogP contribution in [0.15, 0.2) is 28.6 Å². The van der Waals surface area contributed by atoms with Crippen LogP contribution in [0.2, 0.25) is 0 Å². The predicted molar refractivity (Wildman–Crippen MR) is 112 cm³/mol. The van der Waals surface area contributed by atoms with Gasteiger partial charge in [-0.25, -0.2) is 4.98 Å². The van der Waals surface area contributed by atoms with Crippen molar-refractivity contribution in [2.75, 3.05) is 27.8 Å². The molecule has 1 aromatic carbocycles. The Morgan fingerprint density at radius 2 is 1.89 bits per heavy atom. The van der Waals surface area contributed by atoms with Crippen LogP contribution in [0.5, 0.6) is 11.5 Å². The minimum absolute atomic E-state index is 0.0856. The van der Waals surface area contributed by atoms with Gasteiger partial charge in [0.25, 0.3) is 0 Å². The van der Waals surface area contributed by atoms with Gasteiger partial charge in [0, 0.05) is 24.4 Å². The first-order chi connectivity index (χ1) is 12.9. The third kappa shape index (κ3) is 6.13. The number of hydrogen-bond donors (Lipinski definition) is 2. The lowest BCUT2D eigenvalue weighted by Gasteiger charge is -2.14. The fourth-order valence-electron chi connectivity index (χ4n) is 2.49. The molecule has 2 aromatic rings. The van der Waals surface area contributed by atoms with E-state index in [1.54, 1.807) is 32.6 Å². The van der Waals surface area contributed by atoms with E-state index in [0.29, 0.717) is 6.54 Å². The fraction of sp³-hybridized carbons (Fsp3) is 0.500. The van der Waals surface area contributed by atoms with Crippen molar-refractivity contribution in [3.05, 3.63) is 39.8 Å². The van der Waals surface area contributed by atoms with Crippen molar-refractivity contribution in [3.8, 4) is 11.5 Å². The number of guanidine groups is 1. The van der Waals surface area contributed by atoms with E-state index in [9.17, 15) is 0 Å². The van der Waals surface area contributed by atoms with Crippen molar-refractivity contribution in [2.45, 2.75) is 39.2 Å². The molecular weight excluding hydrogens is 360 g/mol. The summed E-state index contributed by atoms with van der Waals surface area (Å²) < 4.78 is 10.6. The highest BCUT2D eigenvalue weighted by Crippen LogP contribution is 2.27. The third-order valence-corrected chi connectivity index (χ3v) is 5.32. The van der Waals surface area contributed by atoms with Crippen LogP contribution in [0.25, 0.3) is 0 Å². The summed E-state index contributed by atoms with van der Waals surface area (Å²) in [4.78, 5) is 8.97. The Morgan fingerprint density at radius 1 is 1.15 bits per heavy atom. The Kier molecular flexibility index (Phi) is 7.47. The number of thiazole rings is 1. The van der Waals surface area contributed by atoms with E-state index in [1.807, 2.05) is 18.2 Å². The summed E-state index contributed by atoms with van der Waals surface area (Å²) >= 11 is 1.70. The topological polar surface area (TPSA) is 67.8 Å². The molecule has 148 valence electrons. The van der Waals surface area contributed by atoms with Crippen LogP contribution >= 0.6 is 11.3 Å². The molecule has 7 heteroatoms. The van der Waals surface area contributed by atoms with Crippen molar-refractivity contribution >= 4 is 17.3 Å². The lowest BCUT2D eigenvalue weighted by molar-refractivity contribution is 0.354. The van der Waals surface area contributed by atoms with Gasteiger partial charge in [0.1, 0.15) is 0 Å². The van der Waals surface area contributed by atoms with Crippen molar-refractivity contribution < 1.29 is 9.47 Å². The minimum Gasteiger partial charge on any atom is -0.493 e. The van der Waals surface area contributed by atoms with E-state index < -0.39 is 0 Å². The number of aliphatic imine (C=N–C) groups is 1. The molecule has 1 heterocycles. The molecule has 0 unspecified atom stereocenters. The van der Waals surface area contributed by atoms with E-state index in [-0.39, 0.29) is 5.41 Å². The smallest absolute Gasteiger partial charge is 0.191 e. The quantitative estimate of drug-likeness (QED) is 0.560. The molecule has 0 amide bonds. The van der Waals surface area contributed by atoms with E-state index in [0.717, 1.165) is 41.1 Å². The molecule has 2 N–H and O–H groups in total. The van der Waals surface area contributed by atoms with Crippen molar-refractivity contribution in [1.82, 2.24) is 15.6 Å². The monoisotopic (exact) mass is 390 g/mol. The van der Waals surface area contributed by atoms with Crippen LogP contribution in [-0.4, -0.2) is 38.8 Å². The molecular formula is C20H30N4O2S. The van der Waals surface area contributed by atoms with Crippen LogP contribution in [0.3, 0.4) is 0 Å². The van der Waals surface area contributed by atoms with Crippen LogP contribution in [0, 0.1) is 0 Å². The molecule has 0 saturated carbocycles. The number of methoxy groups -OCH3 is 2. The Balaban J connectivity index is 1.83. The van der Waals surface area contributed by atoms with E-state index in [1.165, 1.54) is 5.56 Å². The van der Waals surface area contributed by atoms with E-state index in [4.69, 9.17) is 14.5 Å². The van der Waals surface area contributed by atoms with Gasteiger partial charge < -0.3 is 20.1 Å². The molecule has 0 aliphatic rings.